The summed E-state index contributed by atoms with van der Waals surface area (Å²) in [7, 11) is 0. The summed E-state index contributed by atoms with van der Waals surface area (Å²) in [6.07, 6.45) is 4.93. The Morgan fingerprint density at radius 2 is 1.59 bits per heavy atom. The molecule has 2 amide bonds. The van der Waals surface area contributed by atoms with Gasteiger partial charge in [0.15, 0.2) is 0 Å². The Hall–Kier alpha value is -1.84. The van der Waals surface area contributed by atoms with Gasteiger partial charge in [0.2, 0.25) is 5.91 Å². The fourth-order valence-corrected chi connectivity index (χ4v) is 2.33. The zero-order valence-corrected chi connectivity index (χ0v) is 14.0. The third-order valence-corrected chi connectivity index (χ3v) is 3.72. The molecule has 1 N–H and O–H groups in total. The van der Waals surface area contributed by atoms with E-state index in [1.165, 1.54) is 12.8 Å². The van der Waals surface area contributed by atoms with Crippen molar-refractivity contribution in [1.29, 1.82) is 0 Å². The highest BCUT2D eigenvalue weighted by molar-refractivity contribution is 5.95. The van der Waals surface area contributed by atoms with E-state index in [2.05, 4.69) is 12.2 Å². The second kappa shape index (κ2) is 9.98. The van der Waals surface area contributed by atoms with Crippen LogP contribution in [0.15, 0.2) is 24.3 Å². The monoisotopic (exact) mass is 304 g/mol. The molecule has 0 aliphatic heterocycles. The van der Waals surface area contributed by atoms with Crippen LogP contribution in [0.4, 0.5) is 5.69 Å². The third-order valence-electron chi connectivity index (χ3n) is 3.72. The summed E-state index contributed by atoms with van der Waals surface area (Å²) in [5.74, 6) is 0.0707. The average Bonchev–Trinajstić information content (AvgIpc) is 2.53. The molecule has 1 rings (SSSR count). The van der Waals surface area contributed by atoms with Crippen LogP contribution in [0, 0.1) is 0 Å². The fraction of sp³-hybridized carbons (Fsp3) is 0.556. The average molecular weight is 304 g/mol. The molecular formula is C18H28N2O2. The molecule has 1 aromatic carbocycles. The first-order valence-electron chi connectivity index (χ1n) is 8.31. The van der Waals surface area contributed by atoms with Crippen LogP contribution in [-0.2, 0) is 4.79 Å². The summed E-state index contributed by atoms with van der Waals surface area (Å²) < 4.78 is 0. The summed E-state index contributed by atoms with van der Waals surface area (Å²) in [6, 6.07) is 7.13. The van der Waals surface area contributed by atoms with Crippen LogP contribution in [0.2, 0.25) is 0 Å². The Labute approximate surface area is 133 Å². The van der Waals surface area contributed by atoms with Gasteiger partial charge >= 0.3 is 0 Å². The van der Waals surface area contributed by atoms with Gasteiger partial charge in [-0.2, -0.15) is 0 Å². The number of amides is 2. The molecule has 0 aromatic heterocycles. The Kier molecular flexibility index (Phi) is 8.26. The van der Waals surface area contributed by atoms with Crippen LogP contribution < -0.4 is 5.32 Å². The van der Waals surface area contributed by atoms with Gasteiger partial charge in [0.1, 0.15) is 0 Å². The zero-order chi connectivity index (χ0) is 16.4. The first-order chi connectivity index (χ1) is 10.6. The van der Waals surface area contributed by atoms with Gasteiger partial charge in [-0.1, -0.05) is 26.2 Å². The number of nitrogens with zero attached hydrogens (tertiary/aromatic N) is 1. The van der Waals surface area contributed by atoms with Gasteiger partial charge in [0, 0.05) is 30.8 Å². The minimum absolute atomic E-state index is 0.0300. The molecule has 0 radical (unpaired) electrons. The van der Waals surface area contributed by atoms with E-state index in [4.69, 9.17) is 0 Å². The number of anilines is 1. The third kappa shape index (κ3) is 5.88. The maximum atomic E-state index is 12.2. The van der Waals surface area contributed by atoms with Crippen molar-refractivity contribution in [2.75, 3.05) is 18.4 Å². The molecule has 0 spiro atoms. The lowest BCUT2D eigenvalue weighted by Crippen LogP contribution is -2.30. The van der Waals surface area contributed by atoms with Gasteiger partial charge in [-0.25, -0.2) is 0 Å². The molecule has 0 aliphatic carbocycles. The van der Waals surface area contributed by atoms with E-state index < -0.39 is 0 Å². The van der Waals surface area contributed by atoms with E-state index in [1.807, 2.05) is 13.8 Å². The fourth-order valence-electron chi connectivity index (χ4n) is 2.33. The Bertz CT molecular complexity index is 464. The molecule has 0 bridgehead atoms. The summed E-state index contributed by atoms with van der Waals surface area (Å²) in [6.45, 7) is 7.49. The lowest BCUT2D eigenvalue weighted by Gasteiger charge is -2.18. The predicted octanol–water partition coefficient (Wildman–Crippen LogP) is 4.08. The first-order valence-corrected chi connectivity index (χ1v) is 8.31. The van der Waals surface area contributed by atoms with Gasteiger partial charge in [-0.15, -0.1) is 0 Å². The number of unbranched alkanes of at least 4 members (excludes halogenated alkanes) is 3. The summed E-state index contributed by atoms with van der Waals surface area (Å²) in [5, 5.41) is 2.88. The van der Waals surface area contributed by atoms with Crippen molar-refractivity contribution in [3.05, 3.63) is 29.8 Å². The first kappa shape index (κ1) is 18.2. The number of hydrogen-bond donors (Lipinski definition) is 1. The number of hydrogen-bond acceptors (Lipinski definition) is 2. The molecule has 122 valence electrons. The highest BCUT2D eigenvalue weighted by Crippen LogP contribution is 2.13. The van der Waals surface area contributed by atoms with Crippen LogP contribution in [0.25, 0.3) is 0 Å². The largest absolute Gasteiger partial charge is 0.339 e. The molecule has 0 saturated carbocycles. The summed E-state index contributed by atoms with van der Waals surface area (Å²) >= 11 is 0. The van der Waals surface area contributed by atoms with Gasteiger partial charge < -0.3 is 10.2 Å². The van der Waals surface area contributed by atoms with Crippen molar-refractivity contribution in [1.82, 2.24) is 4.90 Å². The van der Waals surface area contributed by atoms with E-state index in [0.717, 1.165) is 18.5 Å². The van der Waals surface area contributed by atoms with E-state index in [1.54, 1.807) is 29.2 Å². The SMILES string of the molecule is CCCCCCC(=O)Nc1ccc(C(=O)N(CC)CC)cc1. The Morgan fingerprint density at radius 3 is 2.14 bits per heavy atom. The minimum atomic E-state index is 0.0300. The van der Waals surface area contributed by atoms with Crippen molar-refractivity contribution in [3.63, 3.8) is 0 Å². The molecule has 0 aliphatic rings. The maximum absolute atomic E-state index is 12.2. The summed E-state index contributed by atoms with van der Waals surface area (Å²) in [5.41, 5.74) is 1.40. The molecular weight excluding hydrogens is 276 g/mol. The Balaban J connectivity index is 2.51. The van der Waals surface area contributed by atoms with Crippen LogP contribution in [0.5, 0.6) is 0 Å². The molecule has 4 nitrogen and oxygen atoms in total. The number of carbonyl (C=O) groups excluding carboxylic acids is 2. The minimum Gasteiger partial charge on any atom is -0.339 e. The Morgan fingerprint density at radius 1 is 0.955 bits per heavy atom. The maximum Gasteiger partial charge on any atom is 0.253 e. The van der Waals surface area contributed by atoms with E-state index in [0.29, 0.717) is 25.1 Å². The van der Waals surface area contributed by atoms with Gasteiger partial charge in [-0.3, -0.25) is 9.59 Å². The normalized spacial score (nSPS) is 10.3. The molecule has 0 atom stereocenters. The second-order valence-electron chi connectivity index (χ2n) is 5.41. The second-order valence-corrected chi connectivity index (χ2v) is 5.41. The quantitative estimate of drug-likeness (QED) is 0.699. The van der Waals surface area contributed by atoms with Crippen molar-refractivity contribution >= 4 is 17.5 Å². The van der Waals surface area contributed by atoms with Gasteiger partial charge in [0.25, 0.3) is 5.91 Å². The number of carbonyl (C=O) groups is 2. The highest BCUT2D eigenvalue weighted by Gasteiger charge is 2.12. The van der Waals surface area contributed by atoms with Crippen molar-refractivity contribution in [2.24, 2.45) is 0 Å². The van der Waals surface area contributed by atoms with Crippen LogP contribution in [0.3, 0.4) is 0 Å². The molecule has 0 heterocycles. The van der Waals surface area contributed by atoms with E-state index in [-0.39, 0.29) is 11.8 Å². The smallest absolute Gasteiger partial charge is 0.253 e. The number of nitrogens with one attached hydrogen (secondary N) is 1. The van der Waals surface area contributed by atoms with Crippen molar-refractivity contribution in [3.8, 4) is 0 Å². The lowest BCUT2D eigenvalue weighted by atomic mass is 10.1. The summed E-state index contributed by atoms with van der Waals surface area (Å²) in [4.78, 5) is 25.8. The number of benzene rings is 1. The molecule has 0 fully saturated rings. The van der Waals surface area contributed by atoms with Crippen molar-refractivity contribution < 1.29 is 9.59 Å². The van der Waals surface area contributed by atoms with Crippen LogP contribution in [0.1, 0.15) is 63.2 Å². The predicted molar refractivity (Wildman–Crippen MR) is 91.1 cm³/mol. The zero-order valence-electron chi connectivity index (χ0n) is 14.0. The highest BCUT2D eigenvalue weighted by atomic mass is 16.2. The van der Waals surface area contributed by atoms with Gasteiger partial charge in [-0.05, 0) is 44.5 Å². The number of rotatable bonds is 9. The molecule has 0 saturated heterocycles. The molecule has 4 heteroatoms. The van der Waals surface area contributed by atoms with Crippen molar-refractivity contribution in [2.45, 2.75) is 52.9 Å². The van der Waals surface area contributed by atoms with E-state index in [9.17, 15) is 9.59 Å². The van der Waals surface area contributed by atoms with E-state index >= 15 is 0 Å². The lowest BCUT2D eigenvalue weighted by molar-refractivity contribution is -0.116. The molecule has 1 aromatic rings. The van der Waals surface area contributed by atoms with Crippen LogP contribution in [-0.4, -0.2) is 29.8 Å². The molecule has 22 heavy (non-hydrogen) atoms. The standard InChI is InChI=1S/C18H28N2O2/c1-4-7-8-9-10-17(21)19-16-13-11-15(12-14-16)18(22)20(5-2)6-3/h11-14H,4-10H2,1-3H3,(H,19,21). The van der Waals surface area contributed by atoms with Gasteiger partial charge in [0.05, 0.1) is 0 Å². The topological polar surface area (TPSA) is 49.4 Å². The van der Waals surface area contributed by atoms with Crippen LogP contribution >= 0.6 is 0 Å². The molecule has 0 unspecified atom stereocenters.